The number of piperidine rings is 1. The zero-order valence-electron chi connectivity index (χ0n) is 25.8. The number of carbonyl (C=O) groups excluding carboxylic acids is 1. The highest BCUT2D eigenvalue weighted by Crippen LogP contribution is 2.53. The topological polar surface area (TPSA) is 110 Å². The number of furan rings is 1. The van der Waals surface area contributed by atoms with Gasteiger partial charge in [0.15, 0.2) is 6.29 Å². The molecule has 1 spiro atoms. The molecule has 242 valence electrons. The van der Waals surface area contributed by atoms with Gasteiger partial charge in [0.1, 0.15) is 5.76 Å². The molecule has 3 fully saturated rings. The van der Waals surface area contributed by atoms with Crippen molar-refractivity contribution in [2.75, 3.05) is 32.9 Å². The van der Waals surface area contributed by atoms with Crippen molar-refractivity contribution in [3.63, 3.8) is 0 Å². The van der Waals surface area contributed by atoms with Gasteiger partial charge in [0.25, 0.3) is 0 Å². The first kappa shape index (κ1) is 31.9. The van der Waals surface area contributed by atoms with E-state index >= 15 is 0 Å². The van der Waals surface area contributed by atoms with Crippen LogP contribution in [0.5, 0.6) is 0 Å². The van der Waals surface area contributed by atoms with Crippen molar-refractivity contribution in [1.29, 1.82) is 0 Å². The van der Waals surface area contributed by atoms with Crippen LogP contribution in [0.2, 0.25) is 0 Å². The Morgan fingerprint density at radius 1 is 1.02 bits per heavy atom. The summed E-state index contributed by atoms with van der Waals surface area (Å²) in [4.78, 5) is 17.1. The molecular formula is C35H44N2O7S. The number of ether oxygens (including phenoxy) is 2. The average molecular weight is 637 g/mol. The van der Waals surface area contributed by atoms with E-state index < -0.39 is 15.4 Å². The molecule has 3 saturated heterocycles. The summed E-state index contributed by atoms with van der Waals surface area (Å²) < 4.78 is 47.2. The Bertz CT molecular complexity index is 1510. The summed E-state index contributed by atoms with van der Waals surface area (Å²) in [7, 11) is -3.82. The minimum absolute atomic E-state index is 0.0265. The number of hydrogen-bond acceptors (Lipinski definition) is 7. The molecule has 0 radical (unpaired) electrons. The van der Waals surface area contributed by atoms with E-state index in [1.54, 1.807) is 36.6 Å². The van der Waals surface area contributed by atoms with E-state index in [1.165, 1.54) is 4.31 Å². The molecule has 45 heavy (non-hydrogen) atoms. The van der Waals surface area contributed by atoms with Crippen molar-refractivity contribution in [3.05, 3.63) is 89.9 Å². The number of aliphatic hydroxyl groups excluding tert-OH is 1. The van der Waals surface area contributed by atoms with Crippen LogP contribution >= 0.6 is 0 Å². The molecular weight excluding hydrogens is 592 g/mol. The van der Waals surface area contributed by atoms with Crippen LogP contribution in [0.1, 0.15) is 67.8 Å². The van der Waals surface area contributed by atoms with E-state index in [4.69, 9.17) is 13.9 Å². The molecule has 10 heteroatoms. The second-order valence-electron chi connectivity index (χ2n) is 12.6. The second kappa shape index (κ2) is 14.2. The third-order valence-electron chi connectivity index (χ3n) is 9.65. The molecule has 3 aliphatic heterocycles. The molecule has 6 rings (SSSR count). The molecule has 1 unspecified atom stereocenters. The molecule has 0 aliphatic carbocycles. The first-order chi connectivity index (χ1) is 21.9. The van der Waals surface area contributed by atoms with Crippen molar-refractivity contribution in [3.8, 4) is 0 Å². The third kappa shape index (κ3) is 6.90. The quantitative estimate of drug-likeness (QED) is 0.295. The summed E-state index contributed by atoms with van der Waals surface area (Å²) in [6, 6.07) is 20.3. The summed E-state index contributed by atoms with van der Waals surface area (Å²) in [6.45, 7) is 2.07. The smallest absolute Gasteiger partial charge is 0.243 e. The van der Waals surface area contributed by atoms with Gasteiger partial charge in [-0.15, -0.1) is 0 Å². The molecule has 0 saturated carbocycles. The van der Waals surface area contributed by atoms with Crippen LogP contribution in [0.3, 0.4) is 0 Å². The van der Waals surface area contributed by atoms with Gasteiger partial charge in [0, 0.05) is 51.2 Å². The zero-order valence-corrected chi connectivity index (χ0v) is 26.6. The van der Waals surface area contributed by atoms with Gasteiger partial charge in [-0.25, -0.2) is 8.42 Å². The first-order valence-corrected chi connectivity index (χ1v) is 17.7. The van der Waals surface area contributed by atoms with Gasteiger partial charge in [0.2, 0.25) is 15.9 Å². The molecule has 4 heterocycles. The van der Waals surface area contributed by atoms with E-state index in [2.05, 4.69) is 0 Å². The lowest BCUT2D eigenvalue weighted by molar-refractivity contribution is -0.164. The van der Waals surface area contributed by atoms with Gasteiger partial charge < -0.3 is 23.9 Å². The number of aliphatic hydroxyl groups is 1. The Kier molecular flexibility index (Phi) is 10.1. The van der Waals surface area contributed by atoms with Crippen molar-refractivity contribution < 1.29 is 32.2 Å². The molecule has 3 aliphatic rings. The normalized spacial score (nSPS) is 26.1. The number of likely N-dealkylation sites (tertiary alicyclic amines) is 1. The highest BCUT2D eigenvalue weighted by atomic mass is 32.2. The Hall–Kier alpha value is -3.02. The van der Waals surface area contributed by atoms with Gasteiger partial charge in [-0.1, -0.05) is 48.5 Å². The third-order valence-corrected chi connectivity index (χ3v) is 11.5. The molecule has 2 aromatic carbocycles. The highest BCUT2D eigenvalue weighted by molar-refractivity contribution is 7.89. The van der Waals surface area contributed by atoms with Gasteiger partial charge in [-0.3, -0.25) is 4.79 Å². The lowest BCUT2D eigenvalue weighted by Gasteiger charge is -2.44. The summed E-state index contributed by atoms with van der Waals surface area (Å²) in [5.74, 6) is 0.517. The molecule has 0 bridgehead atoms. The fourth-order valence-electron chi connectivity index (χ4n) is 7.36. The minimum Gasteiger partial charge on any atom is -0.469 e. The summed E-state index contributed by atoms with van der Waals surface area (Å²) >= 11 is 0. The number of rotatable bonds is 12. The number of nitrogens with zero attached hydrogens (tertiary/aromatic N) is 2. The van der Waals surface area contributed by atoms with E-state index in [-0.39, 0.29) is 42.2 Å². The monoisotopic (exact) mass is 636 g/mol. The summed E-state index contributed by atoms with van der Waals surface area (Å²) in [5.41, 5.74) is 0.972. The van der Waals surface area contributed by atoms with Crippen LogP contribution in [0, 0.1) is 5.41 Å². The zero-order chi connectivity index (χ0) is 31.3. The van der Waals surface area contributed by atoms with Gasteiger partial charge in [-0.05, 0) is 74.3 Å². The Morgan fingerprint density at radius 3 is 2.53 bits per heavy atom. The van der Waals surface area contributed by atoms with E-state index in [0.717, 1.165) is 36.1 Å². The number of amides is 1. The van der Waals surface area contributed by atoms with Crippen LogP contribution in [0.15, 0.2) is 82.3 Å². The maximum Gasteiger partial charge on any atom is 0.243 e. The van der Waals surface area contributed by atoms with Crippen molar-refractivity contribution in [2.45, 2.75) is 81.1 Å². The fraction of sp³-hybridized carbons (Fsp3) is 0.514. The molecule has 3 aromatic rings. The van der Waals surface area contributed by atoms with Crippen LogP contribution in [0.25, 0.3) is 0 Å². The van der Waals surface area contributed by atoms with Gasteiger partial charge >= 0.3 is 0 Å². The maximum absolute atomic E-state index is 14.9. The fourth-order valence-corrected chi connectivity index (χ4v) is 8.91. The lowest BCUT2D eigenvalue weighted by atomic mass is 9.67. The number of carbonyl (C=O) groups is 1. The SMILES string of the molecule is O=C1N(Cc2ccccc2)[C@H](CCOC2CCCCO2)C[C@]12CN(S(=O)(=O)c1ccccc1)CC[C@@H]2c1coc(CCCO)c1. The lowest BCUT2D eigenvalue weighted by Crippen LogP contribution is -2.53. The van der Waals surface area contributed by atoms with Crippen LogP contribution in [0.4, 0.5) is 0 Å². The second-order valence-corrected chi connectivity index (χ2v) is 14.5. The Morgan fingerprint density at radius 2 is 1.80 bits per heavy atom. The number of hydrogen-bond donors (Lipinski definition) is 1. The van der Waals surface area contributed by atoms with E-state index in [1.807, 2.05) is 41.3 Å². The molecule has 4 atom stereocenters. The number of benzene rings is 2. The maximum atomic E-state index is 14.9. The molecule has 1 aromatic heterocycles. The van der Waals surface area contributed by atoms with Gasteiger partial charge in [-0.2, -0.15) is 4.31 Å². The van der Waals surface area contributed by atoms with Crippen LogP contribution in [-0.2, 0) is 37.3 Å². The highest BCUT2D eigenvalue weighted by Gasteiger charge is 2.59. The molecule has 1 N–H and O–H groups in total. The van der Waals surface area contributed by atoms with Crippen LogP contribution in [-0.4, -0.2) is 73.9 Å². The summed E-state index contributed by atoms with van der Waals surface area (Å²) in [6.07, 6.45) is 7.32. The van der Waals surface area contributed by atoms with E-state index in [0.29, 0.717) is 58.4 Å². The number of sulfonamides is 1. The summed E-state index contributed by atoms with van der Waals surface area (Å²) in [5, 5.41) is 9.35. The predicted octanol–water partition coefficient (Wildman–Crippen LogP) is 5.10. The Labute approximate surface area is 266 Å². The molecule has 9 nitrogen and oxygen atoms in total. The minimum atomic E-state index is -3.82. The first-order valence-electron chi connectivity index (χ1n) is 16.2. The van der Waals surface area contributed by atoms with Gasteiger partial charge in [0.05, 0.1) is 23.2 Å². The molecule has 1 amide bonds. The predicted molar refractivity (Wildman–Crippen MR) is 169 cm³/mol. The standard InChI is InChI=1S/C35H44N2O7S/c38-19-9-12-30-22-28(25-44-30)32-16-18-36(45(40,41)31-13-5-2-6-14-31)26-35(32)23-29(17-21-43-33-15-7-8-20-42-33)37(34(35)39)24-27-10-3-1-4-11-27/h1-6,10-11,13-14,22,25,29,32-33,38H,7-9,12,15-21,23-24,26H2/t29-,32-,33?,35-/m1/s1. The number of aryl methyl sites for hydroxylation is 1. The largest absolute Gasteiger partial charge is 0.469 e. The van der Waals surface area contributed by atoms with Crippen molar-refractivity contribution in [1.82, 2.24) is 9.21 Å². The van der Waals surface area contributed by atoms with Crippen molar-refractivity contribution >= 4 is 15.9 Å². The average Bonchev–Trinajstić information content (AvgIpc) is 3.64. The van der Waals surface area contributed by atoms with Crippen LogP contribution < -0.4 is 0 Å². The Balaban J connectivity index is 1.33. The van der Waals surface area contributed by atoms with E-state index in [9.17, 15) is 18.3 Å². The van der Waals surface area contributed by atoms with Crippen molar-refractivity contribution in [2.24, 2.45) is 5.41 Å².